The largest absolute Gasteiger partial charge is 0.420 e. The van der Waals surface area contributed by atoms with Crippen LogP contribution in [0.25, 0.3) is 0 Å². The summed E-state index contributed by atoms with van der Waals surface area (Å²) in [5, 5.41) is 10.0. The topological polar surface area (TPSA) is 47.0 Å². The third kappa shape index (κ3) is 5.49. The van der Waals surface area contributed by atoms with Gasteiger partial charge in [-0.1, -0.05) is 13.8 Å². The third-order valence-electron chi connectivity index (χ3n) is 3.07. The highest BCUT2D eigenvalue weighted by Crippen LogP contribution is 2.33. The van der Waals surface area contributed by atoms with Crippen molar-refractivity contribution in [2.45, 2.75) is 46.4 Å². The van der Waals surface area contributed by atoms with Crippen LogP contribution in [0.5, 0.6) is 0 Å². The fourth-order valence-corrected chi connectivity index (χ4v) is 1.99. The lowest BCUT2D eigenvalue weighted by Gasteiger charge is -2.21. The number of nitrogens with one attached hydrogen (secondary N) is 1. The zero-order chi connectivity index (χ0) is 16.0. The first-order chi connectivity index (χ1) is 9.75. The van der Waals surface area contributed by atoms with Crippen molar-refractivity contribution in [3.63, 3.8) is 0 Å². The normalized spacial score (nSPS) is 13.5. The van der Waals surface area contributed by atoms with Crippen LogP contribution in [-0.2, 0) is 10.9 Å². The first-order valence-electron chi connectivity index (χ1n) is 7.02. The van der Waals surface area contributed by atoms with Crippen LogP contribution in [0.3, 0.4) is 0 Å². The number of hydrogen-bond acceptors (Lipinski definition) is 4. The minimum Gasteiger partial charge on any atom is -0.378 e. The summed E-state index contributed by atoms with van der Waals surface area (Å²) in [5.41, 5.74) is -0.547. The maximum Gasteiger partial charge on any atom is 0.420 e. The van der Waals surface area contributed by atoms with Crippen LogP contribution in [0, 0.1) is 12.8 Å². The molecular weight excluding hydrogens is 283 g/mol. The molecule has 0 aliphatic carbocycles. The molecule has 1 aromatic rings. The van der Waals surface area contributed by atoms with Crippen molar-refractivity contribution in [3.8, 4) is 0 Å². The van der Waals surface area contributed by atoms with E-state index in [1.807, 2.05) is 20.8 Å². The van der Waals surface area contributed by atoms with Crippen LogP contribution in [0.2, 0.25) is 0 Å². The fourth-order valence-electron chi connectivity index (χ4n) is 1.99. The summed E-state index contributed by atoms with van der Waals surface area (Å²) in [5.74, 6) is 0.0741. The van der Waals surface area contributed by atoms with E-state index in [-0.39, 0.29) is 17.6 Å². The van der Waals surface area contributed by atoms with Crippen LogP contribution >= 0.6 is 0 Å². The first-order valence-corrected chi connectivity index (χ1v) is 7.02. The molecule has 1 unspecified atom stereocenters. The zero-order valence-electron chi connectivity index (χ0n) is 12.8. The number of rotatable bonds is 7. The molecule has 1 aromatic heterocycles. The maximum atomic E-state index is 12.9. The van der Waals surface area contributed by atoms with Crippen LogP contribution < -0.4 is 5.32 Å². The van der Waals surface area contributed by atoms with Gasteiger partial charge < -0.3 is 10.1 Å². The molecule has 7 heteroatoms. The van der Waals surface area contributed by atoms with Crippen molar-refractivity contribution in [1.29, 1.82) is 0 Å². The molecule has 21 heavy (non-hydrogen) atoms. The van der Waals surface area contributed by atoms with E-state index in [1.54, 1.807) is 0 Å². The number of aryl methyl sites for hydroxylation is 1. The number of nitrogens with zero attached hydrogens (tertiary/aromatic N) is 2. The van der Waals surface area contributed by atoms with Crippen molar-refractivity contribution >= 4 is 5.82 Å². The van der Waals surface area contributed by atoms with E-state index in [9.17, 15) is 13.2 Å². The molecule has 0 bridgehead atoms. The lowest BCUT2D eigenvalue weighted by molar-refractivity contribution is -0.137. The summed E-state index contributed by atoms with van der Waals surface area (Å²) < 4.78 is 44.4. The number of aromatic nitrogens is 2. The molecule has 1 atom stereocenters. The first kappa shape index (κ1) is 17.7. The van der Waals surface area contributed by atoms with E-state index in [1.165, 1.54) is 6.92 Å². The Hall–Kier alpha value is -1.37. The van der Waals surface area contributed by atoms with Crippen LogP contribution in [0.4, 0.5) is 19.0 Å². The Balaban J connectivity index is 2.71. The summed E-state index contributed by atoms with van der Waals surface area (Å²) in [7, 11) is 0. The van der Waals surface area contributed by atoms with Gasteiger partial charge in [0.05, 0.1) is 11.8 Å². The lowest BCUT2D eigenvalue weighted by Crippen LogP contribution is -2.24. The van der Waals surface area contributed by atoms with Crippen molar-refractivity contribution in [1.82, 2.24) is 10.2 Å². The molecule has 0 saturated heterocycles. The molecule has 0 radical (unpaired) electrons. The van der Waals surface area contributed by atoms with E-state index in [0.717, 1.165) is 6.07 Å². The molecule has 1 heterocycles. The second-order valence-electron chi connectivity index (χ2n) is 5.20. The molecule has 120 valence electrons. The molecule has 0 aliphatic rings. The molecule has 0 saturated carbocycles. The molecule has 0 amide bonds. The van der Waals surface area contributed by atoms with Crippen molar-refractivity contribution in [2.75, 3.05) is 18.5 Å². The standard InChI is InChI=1S/C14H22F3N3O/c1-5-21-12(9(2)3)6-7-18-13-11(14(15,16)17)8-10(4)19-20-13/h8-9,12H,5-7H2,1-4H3,(H,18,20). The highest BCUT2D eigenvalue weighted by atomic mass is 19.4. The average molecular weight is 305 g/mol. The van der Waals surface area contributed by atoms with Gasteiger partial charge in [0.25, 0.3) is 0 Å². The van der Waals surface area contributed by atoms with Crippen LogP contribution in [-0.4, -0.2) is 29.5 Å². The predicted octanol–water partition coefficient (Wildman–Crippen LogP) is 3.67. The Bertz CT molecular complexity index is 450. The minimum absolute atomic E-state index is 0.00949. The maximum absolute atomic E-state index is 12.9. The predicted molar refractivity (Wildman–Crippen MR) is 75.1 cm³/mol. The van der Waals surface area contributed by atoms with Gasteiger partial charge in [-0.15, -0.1) is 5.10 Å². The molecule has 0 aromatic carbocycles. The Labute approximate surface area is 123 Å². The summed E-state index contributed by atoms with van der Waals surface area (Å²) >= 11 is 0. The number of halogens is 3. The van der Waals surface area contributed by atoms with Crippen LogP contribution in [0.1, 0.15) is 38.4 Å². The summed E-state index contributed by atoms with van der Waals surface area (Å²) in [4.78, 5) is 0. The monoisotopic (exact) mass is 305 g/mol. The van der Waals surface area contributed by atoms with E-state index in [2.05, 4.69) is 15.5 Å². The number of anilines is 1. The molecule has 1 rings (SSSR count). The van der Waals surface area contributed by atoms with Gasteiger partial charge >= 0.3 is 6.18 Å². The summed E-state index contributed by atoms with van der Waals surface area (Å²) in [6, 6.07) is 0.998. The van der Waals surface area contributed by atoms with Crippen molar-refractivity contribution < 1.29 is 17.9 Å². The SMILES string of the molecule is CCOC(CCNc1nnc(C)cc1C(F)(F)F)C(C)C. The molecule has 0 aliphatic heterocycles. The summed E-state index contributed by atoms with van der Waals surface area (Å²) in [6.07, 6.45) is -3.83. The van der Waals surface area contributed by atoms with Gasteiger partial charge in [-0.3, -0.25) is 0 Å². The smallest absolute Gasteiger partial charge is 0.378 e. The number of alkyl halides is 3. The Morgan fingerprint density at radius 2 is 1.95 bits per heavy atom. The van der Waals surface area contributed by atoms with Crippen molar-refractivity contribution in [2.24, 2.45) is 5.92 Å². The minimum atomic E-state index is -4.44. The quantitative estimate of drug-likeness (QED) is 0.835. The molecular formula is C14H22F3N3O. The molecule has 0 fully saturated rings. The van der Waals surface area contributed by atoms with E-state index < -0.39 is 11.7 Å². The second kappa shape index (κ2) is 7.59. The zero-order valence-corrected chi connectivity index (χ0v) is 12.8. The highest BCUT2D eigenvalue weighted by molar-refractivity contribution is 5.45. The van der Waals surface area contributed by atoms with Gasteiger partial charge in [0.2, 0.25) is 0 Å². The highest BCUT2D eigenvalue weighted by Gasteiger charge is 2.35. The Morgan fingerprint density at radius 3 is 2.48 bits per heavy atom. The Kier molecular flexibility index (Phi) is 6.39. The third-order valence-corrected chi connectivity index (χ3v) is 3.07. The average Bonchev–Trinajstić information content (AvgIpc) is 2.38. The Morgan fingerprint density at radius 1 is 1.29 bits per heavy atom. The summed E-state index contributed by atoms with van der Waals surface area (Å²) in [6.45, 7) is 8.36. The van der Waals surface area contributed by atoms with Gasteiger partial charge in [0.15, 0.2) is 5.82 Å². The van der Waals surface area contributed by atoms with Gasteiger partial charge in [0, 0.05) is 13.2 Å². The van der Waals surface area contributed by atoms with Gasteiger partial charge in [-0.2, -0.15) is 18.3 Å². The van der Waals surface area contributed by atoms with Crippen molar-refractivity contribution in [3.05, 3.63) is 17.3 Å². The van der Waals surface area contributed by atoms with Gasteiger partial charge in [0.1, 0.15) is 5.56 Å². The fraction of sp³-hybridized carbons (Fsp3) is 0.714. The molecule has 0 spiro atoms. The molecule has 4 nitrogen and oxygen atoms in total. The second-order valence-corrected chi connectivity index (χ2v) is 5.20. The number of ether oxygens (including phenoxy) is 1. The van der Waals surface area contributed by atoms with Gasteiger partial charge in [-0.05, 0) is 32.3 Å². The lowest BCUT2D eigenvalue weighted by atomic mass is 10.0. The molecule has 1 N–H and O–H groups in total. The number of hydrogen-bond donors (Lipinski definition) is 1. The van der Waals surface area contributed by atoms with Crippen LogP contribution in [0.15, 0.2) is 6.07 Å². The van der Waals surface area contributed by atoms with E-state index in [0.29, 0.717) is 25.5 Å². The van der Waals surface area contributed by atoms with E-state index in [4.69, 9.17) is 4.74 Å². The van der Waals surface area contributed by atoms with E-state index >= 15 is 0 Å². The van der Waals surface area contributed by atoms with Gasteiger partial charge in [-0.25, -0.2) is 0 Å².